The smallest absolute Gasteiger partial charge is 0.0306 e. The Labute approximate surface area is 89.4 Å². The number of allylic oxidation sites excluding steroid dienone is 6. The van der Waals surface area contributed by atoms with E-state index in [0.717, 1.165) is 0 Å². The summed E-state index contributed by atoms with van der Waals surface area (Å²) in [6, 6.07) is 0. The van der Waals surface area contributed by atoms with Gasteiger partial charge in [-0.05, 0) is 32.3 Å². The van der Waals surface area contributed by atoms with E-state index in [1.807, 2.05) is 0 Å². The molecule has 0 aromatic rings. The van der Waals surface area contributed by atoms with E-state index in [1.54, 1.807) is 0 Å². The number of hydrogen-bond acceptors (Lipinski definition) is 0. The summed E-state index contributed by atoms with van der Waals surface area (Å²) in [7, 11) is 0. The molecule has 0 bridgehead atoms. The van der Waals surface area contributed by atoms with Crippen molar-refractivity contribution in [2.45, 2.75) is 52.9 Å². The largest absolute Gasteiger partial charge is 0.0871 e. The van der Waals surface area contributed by atoms with Gasteiger partial charge >= 0.3 is 0 Å². The van der Waals surface area contributed by atoms with E-state index in [2.05, 4.69) is 51.2 Å². The number of rotatable bonds is 7. The van der Waals surface area contributed by atoms with Crippen molar-refractivity contribution >= 4 is 0 Å². The summed E-state index contributed by atoms with van der Waals surface area (Å²) in [5, 5.41) is 0. The fourth-order valence-electron chi connectivity index (χ4n) is 1.35. The molecule has 14 heavy (non-hydrogen) atoms. The molecule has 0 amide bonds. The highest BCUT2D eigenvalue weighted by atomic mass is 13.9. The maximum Gasteiger partial charge on any atom is -0.0306 e. The van der Waals surface area contributed by atoms with Gasteiger partial charge in [0.25, 0.3) is 0 Å². The van der Waals surface area contributed by atoms with Gasteiger partial charge in [0.1, 0.15) is 0 Å². The van der Waals surface area contributed by atoms with Crippen molar-refractivity contribution in [1.29, 1.82) is 0 Å². The third-order valence-corrected chi connectivity index (χ3v) is 2.23. The van der Waals surface area contributed by atoms with Gasteiger partial charge < -0.3 is 0 Å². The van der Waals surface area contributed by atoms with Crippen molar-refractivity contribution in [3.05, 3.63) is 36.0 Å². The highest BCUT2D eigenvalue weighted by Crippen LogP contribution is 2.05. The van der Waals surface area contributed by atoms with E-state index < -0.39 is 0 Å². The standard InChI is InChI=1S/C14H24/c1-4-7-8-9-10-11-13-14(6-3)12-5-2/h5-6,11-13H,4,7-10H2,1-3H3. The van der Waals surface area contributed by atoms with E-state index in [4.69, 9.17) is 0 Å². The summed E-state index contributed by atoms with van der Waals surface area (Å²) < 4.78 is 0. The molecule has 80 valence electrons. The van der Waals surface area contributed by atoms with Gasteiger partial charge in [-0.3, -0.25) is 0 Å². The Bertz CT molecular complexity index is 194. The van der Waals surface area contributed by atoms with Crippen LogP contribution in [0.15, 0.2) is 36.0 Å². The van der Waals surface area contributed by atoms with E-state index in [9.17, 15) is 0 Å². The van der Waals surface area contributed by atoms with Gasteiger partial charge in [-0.1, -0.05) is 56.6 Å². The van der Waals surface area contributed by atoms with Gasteiger partial charge in [0.2, 0.25) is 0 Å². The lowest BCUT2D eigenvalue weighted by molar-refractivity contribution is 0.674. The molecular weight excluding hydrogens is 168 g/mol. The molecule has 0 saturated heterocycles. The van der Waals surface area contributed by atoms with Gasteiger partial charge in [0.05, 0.1) is 0 Å². The average molecular weight is 192 g/mol. The van der Waals surface area contributed by atoms with Crippen LogP contribution in [-0.4, -0.2) is 0 Å². The molecule has 0 aliphatic heterocycles. The molecule has 0 rings (SSSR count). The molecule has 0 unspecified atom stereocenters. The predicted molar refractivity (Wildman–Crippen MR) is 66.5 cm³/mol. The van der Waals surface area contributed by atoms with Crippen LogP contribution in [0.5, 0.6) is 0 Å². The third-order valence-electron chi connectivity index (χ3n) is 2.23. The Balaban J connectivity index is 3.60. The first-order chi connectivity index (χ1) is 6.85. The van der Waals surface area contributed by atoms with Crippen molar-refractivity contribution in [2.24, 2.45) is 0 Å². The summed E-state index contributed by atoms with van der Waals surface area (Å²) in [5.74, 6) is 0. The molecule has 0 fully saturated rings. The van der Waals surface area contributed by atoms with Crippen molar-refractivity contribution in [2.75, 3.05) is 0 Å². The Kier molecular flexibility index (Phi) is 9.73. The fraction of sp³-hybridized carbons (Fsp3) is 0.571. The van der Waals surface area contributed by atoms with Crippen LogP contribution in [0.1, 0.15) is 52.9 Å². The van der Waals surface area contributed by atoms with Crippen LogP contribution in [0.25, 0.3) is 0 Å². The highest BCUT2D eigenvalue weighted by molar-refractivity contribution is 5.29. The molecule has 0 N–H and O–H groups in total. The Morgan fingerprint density at radius 1 is 1.00 bits per heavy atom. The minimum Gasteiger partial charge on any atom is -0.0871 e. The maximum atomic E-state index is 2.28. The quantitative estimate of drug-likeness (QED) is 0.392. The molecule has 0 aliphatic rings. The van der Waals surface area contributed by atoms with Gasteiger partial charge in [0.15, 0.2) is 0 Å². The summed E-state index contributed by atoms with van der Waals surface area (Å²) in [6.07, 6.45) is 17.5. The zero-order valence-corrected chi connectivity index (χ0v) is 9.92. The van der Waals surface area contributed by atoms with Crippen molar-refractivity contribution in [3.8, 4) is 0 Å². The van der Waals surface area contributed by atoms with E-state index in [1.165, 1.54) is 37.7 Å². The molecule has 0 aromatic carbocycles. The Morgan fingerprint density at radius 3 is 2.36 bits per heavy atom. The minimum atomic E-state index is 1.22. The lowest BCUT2D eigenvalue weighted by Gasteiger charge is -1.95. The van der Waals surface area contributed by atoms with Crippen LogP contribution in [0.3, 0.4) is 0 Å². The minimum absolute atomic E-state index is 1.22. The monoisotopic (exact) mass is 192 g/mol. The second kappa shape index (κ2) is 10.3. The van der Waals surface area contributed by atoms with Gasteiger partial charge in [-0.2, -0.15) is 0 Å². The first-order valence-corrected chi connectivity index (χ1v) is 5.80. The molecular formula is C14H24. The normalized spacial score (nSPS) is 13.2. The fourth-order valence-corrected chi connectivity index (χ4v) is 1.35. The number of hydrogen-bond donors (Lipinski definition) is 0. The van der Waals surface area contributed by atoms with Crippen LogP contribution >= 0.6 is 0 Å². The molecule has 0 atom stereocenters. The molecule has 0 saturated carbocycles. The Hall–Kier alpha value is -0.780. The highest BCUT2D eigenvalue weighted by Gasteiger charge is 1.85. The molecule has 0 aromatic heterocycles. The second-order valence-electron chi connectivity index (χ2n) is 3.54. The van der Waals surface area contributed by atoms with E-state index in [-0.39, 0.29) is 0 Å². The van der Waals surface area contributed by atoms with E-state index >= 15 is 0 Å². The average Bonchev–Trinajstić information content (AvgIpc) is 2.21. The van der Waals surface area contributed by atoms with Gasteiger partial charge in [-0.15, -0.1) is 0 Å². The maximum absolute atomic E-state index is 2.28. The summed E-state index contributed by atoms with van der Waals surface area (Å²) in [4.78, 5) is 0. The van der Waals surface area contributed by atoms with Crippen LogP contribution in [0.4, 0.5) is 0 Å². The van der Waals surface area contributed by atoms with Crippen molar-refractivity contribution < 1.29 is 0 Å². The van der Waals surface area contributed by atoms with Crippen LogP contribution in [-0.2, 0) is 0 Å². The van der Waals surface area contributed by atoms with Crippen LogP contribution in [0.2, 0.25) is 0 Å². The van der Waals surface area contributed by atoms with Crippen molar-refractivity contribution in [3.63, 3.8) is 0 Å². The first kappa shape index (κ1) is 13.2. The predicted octanol–water partition coefficient (Wildman–Crippen LogP) is 5.04. The summed E-state index contributed by atoms with van der Waals surface area (Å²) in [5.41, 5.74) is 1.31. The SMILES string of the molecule is CC=CC(C=CCCCCCC)=CC. The molecule has 0 nitrogen and oxygen atoms in total. The lowest BCUT2D eigenvalue weighted by Crippen LogP contribution is -1.75. The molecule has 0 aliphatic carbocycles. The zero-order valence-electron chi connectivity index (χ0n) is 9.92. The van der Waals surface area contributed by atoms with E-state index in [0.29, 0.717) is 0 Å². The topological polar surface area (TPSA) is 0 Å². The summed E-state index contributed by atoms with van der Waals surface area (Å²) in [6.45, 7) is 6.38. The van der Waals surface area contributed by atoms with Crippen molar-refractivity contribution in [1.82, 2.24) is 0 Å². The first-order valence-electron chi connectivity index (χ1n) is 5.80. The lowest BCUT2D eigenvalue weighted by atomic mass is 10.1. The van der Waals surface area contributed by atoms with Gasteiger partial charge in [-0.25, -0.2) is 0 Å². The molecule has 0 spiro atoms. The molecule has 0 heterocycles. The van der Waals surface area contributed by atoms with Gasteiger partial charge in [0, 0.05) is 0 Å². The Morgan fingerprint density at radius 2 is 1.79 bits per heavy atom. The van der Waals surface area contributed by atoms with Crippen LogP contribution < -0.4 is 0 Å². The number of unbranched alkanes of at least 4 members (excludes halogenated alkanes) is 4. The summed E-state index contributed by atoms with van der Waals surface area (Å²) >= 11 is 0. The second-order valence-corrected chi connectivity index (χ2v) is 3.54. The molecule has 0 radical (unpaired) electrons. The molecule has 0 heteroatoms. The van der Waals surface area contributed by atoms with Crippen LogP contribution in [0, 0.1) is 0 Å². The third kappa shape index (κ3) is 7.85. The zero-order chi connectivity index (χ0) is 10.6.